The number of likely N-dealkylation sites (N-methyl/N-ethyl adjacent to an activating group) is 1. The molecule has 0 saturated heterocycles. The lowest BCUT2D eigenvalue weighted by Gasteiger charge is -2.31. The summed E-state index contributed by atoms with van der Waals surface area (Å²) in [4.78, 5) is 27.8. The Morgan fingerprint density at radius 3 is 2.25 bits per heavy atom. The van der Waals surface area contributed by atoms with E-state index in [-0.39, 0.29) is 29.5 Å². The van der Waals surface area contributed by atoms with Crippen molar-refractivity contribution in [1.29, 1.82) is 0 Å². The van der Waals surface area contributed by atoms with Crippen molar-refractivity contribution in [3.05, 3.63) is 105 Å². The normalized spacial score (nSPS) is 11.6. The van der Waals surface area contributed by atoms with E-state index in [0.29, 0.717) is 17.0 Å². The van der Waals surface area contributed by atoms with E-state index in [1.54, 1.807) is 18.2 Å². The molecule has 0 heterocycles. The Bertz CT molecular complexity index is 1070. The molecule has 0 saturated carbocycles. The van der Waals surface area contributed by atoms with Gasteiger partial charge < -0.3 is 10.2 Å². The van der Waals surface area contributed by atoms with Crippen molar-refractivity contribution < 1.29 is 14.0 Å². The van der Waals surface area contributed by atoms with Crippen molar-refractivity contribution in [1.82, 2.24) is 10.2 Å². The van der Waals surface area contributed by atoms with Crippen molar-refractivity contribution in [3.8, 4) is 0 Å². The van der Waals surface area contributed by atoms with Crippen LogP contribution in [0.3, 0.4) is 0 Å². The third-order valence-corrected chi connectivity index (χ3v) is 5.93. The average molecular weight is 473 g/mol. The fourth-order valence-corrected chi connectivity index (χ4v) is 3.91. The van der Waals surface area contributed by atoms with Crippen LogP contribution in [0, 0.1) is 5.82 Å². The van der Waals surface area contributed by atoms with E-state index < -0.39 is 17.8 Å². The first-order valence-corrected chi connectivity index (χ1v) is 10.9. The molecule has 0 unspecified atom stereocenters. The fraction of sp³-hybridized carbons (Fsp3) is 0.200. The number of halogens is 3. The number of hydrogen-bond donors (Lipinski definition) is 1. The quantitative estimate of drug-likeness (QED) is 0.497. The smallest absolute Gasteiger partial charge is 0.242 e. The van der Waals surface area contributed by atoms with Gasteiger partial charge in [0.1, 0.15) is 11.9 Å². The first-order valence-electron chi connectivity index (χ1n) is 10.1. The Hall–Kier alpha value is -2.89. The van der Waals surface area contributed by atoms with E-state index in [0.717, 1.165) is 5.56 Å². The number of rotatable bonds is 8. The van der Waals surface area contributed by atoms with Crippen molar-refractivity contribution in [3.63, 3.8) is 0 Å². The predicted octanol–water partition coefficient (Wildman–Crippen LogP) is 5.06. The molecule has 0 bridgehead atoms. The van der Waals surface area contributed by atoms with Gasteiger partial charge in [-0.05, 0) is 29.3 Å². The van der Waals surface area contributed by atoms with Gasteiger partial charge in [-0.25, -0.2) is 4.39 Å². The minimum absolute atomic E-state index is 0.0928. The summed E-state index contributed by atoms with van der Waals surface area (Å²) in [6.45, 7) is 0.0928. The second kappa shape index (κ2) is 11.1. The number of carbonyl (C=O) groups is 2. The monoisotopic (exact) mass is 472 g/mol. The van der Waals surface area contributed by atoms with Crippen LogP contribution in [-0.2, 0) is 29.0 Å². The third kappa shape index (κ3) is 5.87. The second-order valence-electron chi connectivity index (χ2n) is 7.31. The summed E-state index contributed by atoms with van der Waals surface area (Å²) in [6.07, 6.45) is 0.0138. The number of carbonyl (C=O) groups excluding carboxylic acids is 2. The molecule has 32 heavy (non-hydrogen) atoms. The zero-order valence-electron chi connectivity index (χ0n) is 17.5. The van der Waals surface area contributed by atoms with Crippen LogP contribution in [0.15, 0.2) is 72.8 Å². The highest BCUT2D eigenvalue weighted by molar-refractivity contribution is 6.31. The highest BCUT2D eigenvalue weighted by atomic mass is 35.5. The lowest BCUT2D eigenvalue weighted by molar-refractivity contribution is -0.140. The molecule has 2 amide bonds. The maximum absolute atomic E-state index is 14.4. The summed E-state index contributed by atoms with van der Waals surface area (Å²) in [7, 11) is 1.52. The zero-order valence-corrected chi connectivity index (χ0v) is 19.0. The van der Waals surface area contributed by atoms with Gasteiger partial charge in [0.2, 0.25) is 11.8 Å². The number of benzene rings is 3. The van der Waals surface area contributed by atoms with Crippen LogP contribution in [0.25, 0.3) is 0 Å². The van der Waals surface area contributed by atoms with Gasteiger partial charge in [0, 0.05) is 35.6 Å². The van der Waals surface area contributed by atoms with E-state index >= 15 is 0 Å². The van der Waals surface area contributed by atoms with E-state index in [2.05, 4.69) is 5.32 Å². The maximum Gasteiger partial charge on any atom is 0.242 e. The van der Waals surface area contributed by atoms with Gasteiger partial charge in [-0.1, -0.05) is 77.8 Å². The summed E-state index contributed by atoms with van der Waals surface area (Å²) in [6, 6.07) is 20.0. The van der Waals surface area contributed by atoms with E-state index in [9.17, 15) is 14.0 Å². The van der Waals surface area contributed by atoms with Gasteiger partial charge in [-0.15, -0.1) is 0 Å². The average Bonchev–Trinajstić information content (AvgIpc) is 2.80. The van der Waals surface area contributed by atoms with E-state index in [4.69, 9.17) is 23.2 Å². The summed E-state index contributed by atoms with van der Waals surface area (Å²) in [5.41, 5.74) is 1.67. The maximum atomic E-state index is 14.4. The third-order valence-electron chi connectivity index (χ3n) is 5.21. The molecule has 0 aliphatic carbocycles. The molecular formula is C25H23Cl2FN2O2. The molecule has 0 radical (unpaired) electrons. The molecule has 166 valence electrons. The Kier molecular flexibility index (Phi) is 8.26. The molecule has 1 atom stereocenters. The van der Waals surface area contributed by atoms with Crippen LogP contribution in [-0.4, -0.2) is 29.8 Å². The van der Waals surface area contributed by atoms with Crippen molar-refractivity contribution in [2.75, 3.05) is 7.05 Å². The lowest BCUT2D eigenvalue weighted by Crippen LogP contribution is -2.50. The first-order chi connectivity index (χ1) is 15.4. The molecule has 0 spiro atoms. The summed E-state index contributed by atoms with van der Waals surface area (Å²) < 4.78 is 14.4. The number of nitrogens with one attached hydrogen (secondary N) is 1. The topological polar surface area (TPSA) is 49.4 Å². The molecule has 3 rings (SSSR count). The molecule has 4 nitrogen and oxygen atoms in total. The van der Waals surface area contributed by atoms with Crippen molar-refractivity contribution in [2.45, 2.75) is 25.4 Å². The summed E-state index contributed by atoms with van der Waals surface area (Å²) in [5, 5.41) is 3.28. The van der Waals surface area contributed by atoms with Crippen LogP contribution in [0.4, 0.5) is 4.39 Å². The second-order valence-corrected chi connectivity index (χ2v) is 8.12. The van der Waals surface area contributed by atoms with Gasteiger partial charge in [0.25, 0.3) is 0 Å². The summed E-state index contributed by atoms with van der Waals surface area (Å²) in [5.74, 6) is -1.32. The fourth-order valence-electron chi connectivity index (χ4n) is 3.48. The molecule has 3 aromatic rings. The van der Waals surface area contributed by atoms with Crippen LogP contribution in [0.2, 0.25) is 10.0 Å². The van der Waals surface area contributed by atoms with Gasteiger partial charge in [0.15, 0.2) is 0 Å². The molecule has 0 aliphatic heterocycles. The minimum Gasteiger partial charge on any atom is -0.357 e. The SMILES string of the molecule is CNC(=O)[C@@H](Cc1ccccc1)N(Cc1ccccc1Cl)C(=O)Cc1c(F)cccc1Cl. The number of nitrogens with zero attached hydrogens (tertiary/aromatic N) is 1. The van der Waals surface area contributed by atoms with E-state index in [1.807, 2.05) is 36.4 Å². The van der Waals surface area contributed by atoms with Crippen LogP contribution < -0.4 is 5.32 Å². The van der Waals surface area contributed by atoms with Crippen LogP contribution in [0.1, 0.15) is 16.7 Å². The minimum atomic E-state index is -0.822. The molecular weight excluding hydrogens is 450 g/mol. The summed E-state index contributed by atoms with van der Waals surface area (Å²) >= 11 is 12.5. The zero-order chi connectivity index (χ0) is 23.1. The molecule has 0 aromatic heterocycles. The molecule has 1 N–H and O–H groups in total. The Morgan fingerprint density at radius 2 is 1.59 bits per heavy atom. The lowest BCUT2D eigenvalue weighted by atomic mass is 10.0. The molecule has 7 heteroatoms. The van der Waals surface area contributed by atoms with Gasteiger partial charge in [-0.2, -0.15) is 0 Å². The van der Waals surface area contributed by atoms with Gasteiger partial charge in [0.05, 0.1) is 6.42 Å². The first kappa shape index (κ1) is 23.8. The van der Waals surface area contributed by atoms with Crippen molar-refractivity contribution >= 4 is 35.0 Å². The van der Waals surface area contributed by atoms with Crippen LogP contribution >= 0.6 is 23.2 Å². The predicted molar refractivity (Wildman–Crippen MR) is 125 cm³/mol. The van der Waals surface area contributed by atoms with Crippen LogP contribution in [0.5, 0.6) is 0 Å². The Balaban J connectivity index is 1.99. The Morgan fingerprint density at radius 1 is 0.938 bits per heavy atom. The highest BCUT2D eigenvalue weighted by Crippen LogP contribution is 2.24. The molecule has 3 aromatic carbocycles. The van der Waals surface area contributed by atoms with Crippen molar-refractivity contribution in [2.24, 2.45) is 0 Å². The number of amides is 2. The standard InChI is InChI=1S/C25H23Cl2FN2O2/c1-29-25(32)23(14-17-8-3-2-4-9-17)30(16-18-10-5-6-11-20(18)26)24(31)15-19-21(27)12-7-13-22(19)28/h2-13,23H,14-16H2,1H3,(H,29,32)/t23-/m1/s1. The molecule has 0 aliphatic rings. The van der Waals surface area contributed by atoms with Gasteiger partial charge in [-0.3, -0.25) is 9.59 Å². The largest absolute Gasteiger partial charge is 0.357 e. The highest BCUT2D eigenvalue weighted by Gasteiger charge is 2.31. The Labute approximate surface area is 197 Å². The number of hydrogen-bond acceptors (Lipinski definition) is 2. The molecule has 0 fully saturated rings. The van der Waals surface area contributed by atoms with E-state index in [1.165, 1.54) is 30.1 Å². The van der Waals surface area contributed by atoms with Gasteiger partial charge >= 0.3 is 0 Å².